The molecule has 2 N–H and O–H groups in total. The van der Waals surface area contributed by atoms with Crippen molar-refractivity contribution in [3.63, 3.8) is 0 Å². The van der Waals surface area contributed by atoms with Gasteiger partial charge in [0.2, 0.25) is 10.0 Å². The number of anilines is 2. The average Bonchev–Trinajstić information content (AvgIpc) is 2.76. The van der Waals surface area contributed by atoms with Crippen molar-refractivity contribution < 1.29 is 8.42 Å². The molecule has 0 fully saturated rings. The molecule has 2 aromatic rings. The van der Waals surface area contributed by atoms with Gasteiger partial charge in [0.05, 0.1) is 29.4 Å². The SMILES string of the molecule is CC(Nc1ccccc1NS(C)(=O)=O)c1ccnn1C. The minimum atomic E-state index is -3.30. The number of nitrogens with zero attached hydrogens (tertiary/aromatic N) is 2. The van der Waals surface area contributed by atoms with Crippen molar-refractivity contribution in [2.75, 3.05) is 16.3 Å². The third kappa shape index (κ3) is 3.51. The molecule has 0 aliphatic rings. The van der Waals surface area contributed by atoms with Crippen molar-refractivity contribution >= 4 is 21.4 Å². The number of benzene rings is 1. The first-order valence-electron chi connectivity index (χ1n) is 6.18. The van der Waals surface area contributed by atoms with Crippen LogP contribution in [0.3, 0.4) is 0 Å². The number of aromatic nitrogens is 2. The fourth-order valence-electron chi connectivity index (χ4n) is 2.01. The van der Waals surface area contributed by atoms with E-state index in [0.717, 1.165) is 17.6 Å². The Morgan fingerprint density at radius 1 is 1.20 bits per heavy atom. The van der Waals surface area contributed by atoms with Crippen LogP contribution in [0.5, 0.6) is 0 Å². The number of hydrogen-bond donors (Lipinski definition) is 2. The fourth-order valence-corrected chi connectivity index (χ4v) is 2.59. The lowest BCUT2D eigenvalue weighted by Gasteiger charge is -2.18. The van der Waals surface area contributed by atoms with Gasteiger partial charge < -0.3 is 5.32 Å². The highest BCUT2D eigenvalue weighted by molar-refractivity contribution is 7.92. The molecule has 20 heavy (non-hydrogen) atoms. The second-order valence-corrected chi connectivity index (χ2v) is 6.41. The molecule has 2 rings (SSSR count). The maximum absolute atomic E-state index is 11.4. The van der Waals surface area contributed by atoms with Crippen LogP contribution in [0.15, 0.2) is 36.5 Å². The van der Waals surface area contributed by atoms with E-state index in [1.807, 2.05) is 32.2 Å². The first kappa shape index (κ1) is 14.4. The van der Waals surface area contributed by atoms with Gasteiger partial charge in [-0.05, 0) is 25.1 Å². The summed E-state index contributed by atoms with van der Waals surface area (Å²) >= 11 is 0. The first-order valence-corrected chi connectivity index (χ1v) is 8.07. The molecule has 0 spiro atoms. The number of sulfonamides is 1. The molecule has 108 valence electrons. The molecule has 1 atom stereocenters. The topological polar surface area (TPSA) is 76.0 Å². The van der Waals surface area contributed by atoms with Gasteiger partial charge in [-0.3, -0.25) is 9.40 Å². The van der Waals surface area contributed by atoms with Crippen LogP contribution in [0.1, 0.15) is 18.7 Å². The predicted octanol–water partition coefficient (Wildman–Crippen LogP) is 1.96. The van der Waals surface area contributed by atoms with E-state index >= 15 is 0 Å². The second-order valence-electron chi connectivity index (χ2n) is 4.67. The fraction of sp³-hybridized carbons (Fsp3) is 0.308. The summed E-state index contributed by atoms with van der Waals surface area (Å²) in [7, 11) is -1.44. The number of hydrogen-bond acceptors (Lipinski definition) is 4. The monoisotopic (exact) mass is 294 g/mol. The zero-order valence-electron chi connectivity index (χ0n) is 11.7. The van der Waals surface area contributed by atoms with Crippen molar-refractivity contribution in [1.29, 1.82) is 0 Å². The highest BCUT2D eigenvalue weighted by atomic mass is 32.2. The molecule has 1 unspecified atom stereocenters. The van der Waals surface area contributed by atoms with Crippen molar-refractivity contribution in [2.45, 2.75) is 13.0 Å². The number of aryl methyl sites for hydroxylation is 1. The molecule has 1 aromatic heterocycles. The highest BCUT2D eigenvalue weighted by Crippen LogP contribution is 2.26. The van der Waals surface area contributed by atoms with Gasteiger partial charge in [-0.25, -0.2) is 8.42 Å². The lowest BCUT2D eigenvalue weighted by atomic mass is 10.2. The zero-order valence-corrected chi connectivity index (χ0v) is 12.5. The summed E-state index contributed by atoms with van der Waals surface area (Å²) in [4.78, 5) is 0. The molecule has 0 radical (unpaired) electrons. The summed E-state index contributed by atoms with van der Waals surface area (Å²) in [6, 6.07) is 9.12. The Balaban J connectivity index is 2.23. The summed E-state index contributed by atoms with van der Waals surface area (Å²) in [6.45, 7) is 1.99. The Morgan fingerprint density at radius 3 is 2.40 bits per heavy atom. The van der Waals surface area contributed by atoms with E-state index in [2.05, 4.69) is 15.1 Å². The van der Waals surface area contributed by atoms with Crippen LogP contribution in [-0.2, 0) is 17.1 Å². The molecule has 1 heterocycles. The summed E-state index contributed by atoms with van der Waals surface area (Å²) in [5.74, 6) is 0. The lowest BCUT2D eigenvalue weighted by molar-refractivity contribution is 0.607. The van der Waals surface area contributed by atoms with E-state index in [4.69, 9.17) is 0 Å². The number of nitrogens with one attached hydrogen (secondary N) is 2. The molecule has 7 heteroatoms. The van der Waals surface area contributed by atoms with E-state index in [0.29, 0.717) is 5.69 Å². The predicted molar refractivity (Wildman–Crippen MR) is 80.2 cm³/mol. The summed E-state index contributed by atoms with van der Waals surface area (Å²) < 4.78 is 27.0. The summed E-state index contributed by atoms with van der Waals surface area (Å²) in [5.41, 5.74) is 2.27. The quantitative estimate of drug-likeness (QED) is 0.884. The Hall–Kier alpha value is -2.02. The summed E-state index contributed by atoms with van der Waals surface area (Å²) in [5, 5.41) is 7.41. The molecule has 1 aromatic carbocycles. The van der Waals surface area contributed by atoms with Crippen molar-refractivity contribution in [2.24, 2.45) is 7.05 Å². The second kappa shape index (κ2) is 5.54. The zero-order chi connectivity index (χ0) is 14.8. The Labute approximate surface area is 118 Å². The normalized spacial score (nSPS) is 12.9. The van der Waals surface area contributed by atoms with Gasteiger partial charge in [-0.1, -0.05) is 12.1 Å². The van der Waals surface area contributed by atoms with E-state index in [-0.39, 0.29) is 6.04 Å². The Kier molecular flexibility index (Phi) is 3.99. The first-order chi connectivity index (χ1) is 9.37. The smallest absolute Gasteiger partial charge is 0.229 e. The van der Waals surface area contributed by atoms with Gasteiger partial charge in [0.15, 0.2) is 0 Å². The Bertz CT molecular complexity index is 694. The molecule has 0 bridgehead atoms. The molecule has 0 aliphatic heterocycles. The minimum absolute atomic E-state index is 0.00464. The standard InChI is InChI=1S/C13H18N4O2S/c1-10(13-8-9-14-17(13)2)15-11-6-4-5-7-12(11)16-20(3,18)19/h4-10,15-16H,1-3H3. The van der Waals surface area contributed by atoms with E-state index in [9.17, 15) is 8.42 Å². The third-order valence-corrected chi connectivity index (χ3v) is 3.49. The Morgan fingerprint density at radius 2 is 1.85 bits per heavy atom. The van der Waals surface area contributed by atoms with Crippen molar-refractivity contribution in [3.05, 3.63) is 42.2 Å². The largest absolute Gasteiger partial charge is 0.375 e. The van der Waals surface area contributed by atoms with Crippen molar-refractivity contribution in [1.82, 2.24) is 9.78 Å². The van der Waals surface area contributed by atoms with Crippen LogP contribution in [0.4, 0.5) is 11.4 Å². The van der Waals surface area contributed by atoms with Gasteiger partial charge in [-0.15, -0.1) is 0 Å². The number of para-hydroxylation sites is 2. The van der Waals surface area contributed by atoms with Crippen molar-refractivity contribution in [3.8, 4) is 0 Å². The maximum Gasteiger partial charge on any atom is 0.229 e. The van der Waals surface area contributed by atoms with E-state index in [1.54, 1.807) is 23.0 Å². The molecule has 6 nitrogen and oxygen atoms in total. The summed E-state index contributed by atoms with van der Waals surface area (Å²) in [6.07, 6.45) is 2.86. The average molecular weight is 294 g/mol. The van der Waals surface area contributed by atoms with Crippen LogP contribution in [0.2, 0.25) is 0 Å². The van der Waals surface area contributed by atoms with Crippen LogP contribution >= 0.6 is 0 Å². The van der Waals surface area contributed by atoms with Crippen LogP contribution in [0.25, 0.3) is 0 Å². The molecular formula is C13H18N4O2S. The van der Waals surface area contributed by atoms with Gasteiger partial charge >= 0.3 is 0 Å². The van der Waals surface area contributed by atoms with E-state index in [1.165, 1.54) is 0 Å². The molecule has 0 saturated carbocycles. The molecule has 0 saturated heterocycles. The third-order valence-electron chi connectivity index (χ3n) is 2.90. The van der Waals surface area contributed by atoms with Crippen LogP contribution in [0, 0.1) is 0 Å². The maximum atomic E-state index is 11.4. The molecule has 0 amide bonds. The van der Waals surface area contributed by atoms with Gasteiger partial charge in [0.25, 0.3) is 0 Å². The molecular weight excluding hydrogens is 276 g/mol. The minimum Gasteiger partial charge on any atom is -0.375 e. The van der Waals surface area contributed by atoms with Gasteiger partial charge in [0, 0.05) is 13.2 Å². The lowest BCUT2D eigenvalue weighted by Crippen LogP contribution is -2.15. The molecule has 0 aliphatic carbocycles. The van der Waals surface area contributed by atoms with Crippen LogP contribution in [-0.4, -0.2) is 24.5 Å². The highest BCUT2D eigenvalue weighted by Gasteiger charge is 2.12. The van der Waals surface area contributed by atoms with Gasteiger partial charge in [-0.2, -0.15) is 5.10 Å². The van der Waals surface area contributed by atoms with Gasteiger partial charge in [0.1, 0.15) is 0 Å². The van der Waals surface area contributed by atoms with Crippen LogP contribution < -0.4 is 10.0 Å². The van der Waals surface area contributed by atoms with E-state index < -0.39 is 10.0 Å². The number of rotatable bonds is 5.